The van der Waals surface area contributed by atoms with Crippen molar-refractivity contribution in [3.8, 4) is 5.75 Å². The van der Waals surface area contributed by atoms with E-state index in [0.717, 1.165) is 11.1 Å². The summed E-state index contributed by atoms with van der Waals surface area (Å²) in [7, 11) is -3.65. The summed E-state index contributed by atoms with van der Waals surface area (Å²) in [6, 6.07) is 24.3. The molecule has 1 atom stereocenters. The number of ether oxygens (including phenoxy) is 3. The van der Waals surface area contributed by atoms with E-state index in [9.17, 15) is 18.0 Å². The van der Waals surface area contributed by atoms with Crippen LogP contribution in [0.5, 0.6) is 5.75 Å². The molecular weight excluding hydrogens is 582 g/mol. The zero-order valence-electron chi connectivity index (χ0n) is 25.1. The van der Waals surface area contributed by atoms with Crippen LogP contribution >= 0.6 is 0 Å². The smallest absolute Gasteiger partial charge is 0.261 e. The zero-order valence-corrected chi connectivity index (χ0v) is 25.9. The van der Waals surface area contributed by atoms with E-state index in [1.54, 1.807) is 4.90 Å². The lowest BCUT2D eigenvalue weighted by molar-refractivity contribution is -0.142. The number of sulfonamides is 1. The van der Waals surface area contributed by atoms with Gasteiger partial charge in [-0.3, -0.25) is 9.59 Å². The van der Waals surface area contributed by atoms with Crippen molar-refractivity contribution in [3.05, 3.63) is 96.1 Å². The van der Waals surface area contributed by atoms with Gasteiger partial charge in [-0.2, -0.15) is 4.31 Å². The summed E-state index contributed by atoms with van der Waals surface area (Å²) in [5.74, 6) is -0.282. The van der Waals surface area contributed by atoms with Gasteiger partial charge in [-0.05, 0) is 48.7 Å². The number of benzene rings is 3. The van der Waals surface area contributed by atoms with Gasteiger partial charge in [-0.1, -0.05) is 60.7 Å². The third kappa shape index (κ3) is 9.62. The molecule has 1 aliphatic heterocycles. The Balaban J connectivity index is 1.50. The standard InChI is InChI=1S/C33H41N3O7S/c1-2-41-21-9-18-34-33(38)31(24-27-10-5-3-6-11-27)36(25-28-12-7-4-8-13-28)32(37)26-43-29-14-16-30(17-15-29)44(39,40)35-19-22-42-23-20-35/h3-8,10-17,31H,2,9,18-26H2,1H3,(H,34,38). The highest BCUT2D eigenvalue weighted by molar-refractivity contribution is 7.89. The maximum Gasteiger partial charge on any atom is 0.261 e. The maximum atomic E-state index is 13.8. The predicted molar refractivity (Wildman–Crippen MR) is 167 cm³/mol. The van der Waals surface area contributed by atoms with Crippen LogP contribution in [0, 0.1) is 0 Å². The van der Waals surface area contributed by atoms with Gasteiger partial charge in [-0.15, -0.1) is 0 Å². The molecule has 2 amide bonds. The molecule has 236 valence electrons. The van der Waals surface area contributed by atoms with Gasteiger partial charge in [0.05, 0.1) is 18.1 Å². The lowest BCUT2D eigenvalue weighted by Gasteiger charge is -2.31. The molecular formula is C33H41N3O7S. The first-order valence-corrected chi connectivity index (χ1v) is 16.4. The molecule has 1 aliphatic rings. The van der Waals surface area contributed by atoms with Crippen LogP contribution in [0.2, 0.25) is 0 Å². The van der Waals surface area contributed by atoms with E-state index in [1.807, 2.05) is 67.6 Å². The van der Waals surface area contributed by atoms with Crippen LogP contribution in [0.15, 0.2) is 89.8 Å². The summed E-state index contributed by atoms with van der Waals surface area (Å²) >= 11 is 0. The minimum absolute atomic E-state index is 0.146. The van der Waals surface area contributed by atoms with Crippen LogP contribution in [0.4, 0.5) is 0 Å². The summed E-state index contributed by atoms with van der Waals surface area (Å²) in [5, 5.41) is 2.98. The van der Waals surface area contributed by atoms with Crippen molar-refractivity contribution in [2.75, 3.05) is 52.7 Å². The summed E-state index contributed by atoms with van der Waals surface area (Å²) < 4.78 is 43.8. The average molecular weight is 624 g/mol. The molecule has 11 heteroatoms. The number of morpholine rings is 1. The molecule has 0 aliphatic carbocycles. The van der Waals surface area contributed by atoms with Gasteiger partial charge in [0, 0.05) is 45.8 Å². The highest BCUT2D eigenvalue weighted by Gasteiger charge is 2.31. The van der Waals surface area contributed by atoms with Crippen molar-refractivity contribution in [1.29, 1.82) is 0 Å². The number of hydrogen-bond donors (Lipinski definition) is 1. The number of hydrogen-bond acceptors (Lipinski definition) is 7. The fourth-order valence-corrected chi connectivity index (χ4v) is 6.26. The topological polar surface area (TPSA) is 114 Å². The SMILES string of the molecule is CCOCCCNC(=O)C(Cc1ccccc1)N(Cc1ccccc1)C(=O)COc1ccc(S(=O)(=O)N2CCOCC2)cc1. The number of rotatable bonds is 16. The third-order valence-corrected chi connectivity index (χ3v) is 9.14. The number of nitrogens with zero attached hydrogens (tertiary/aromatic N) is 2. The Hall–Kier alpha value is -3.77. The quantitative estimate of drug-likeness (QED) is 0.244. The van der Waals surface area contributed by atoms with Crippen molar-refractivity contribution in [2.45, 2.75) is 37.2 Å². The molecule has 3 aromatic carbocycles. The summed E-state index contributed by atoms with van der Waals surface area (Å²) in [6.45, 7) is 4.70. The van der Waals surface area contributed by atoms with Gasteiger partial charge in [0.15, 0.2) is 6.61 Å². The molecule has 1 heterocycles. The Bertz CT molecular complexity index is 1410. The molecule has 4 rings (SSSR count). The van der Waals surface area contributed by atoms with E-state index in [1.165, 1.54) is 28.6 Å². The summed E-state index contributed by atoms with van der Waals surface area (Å²) in [5.41, 5.74) is 1.80. The Morgan fingerprint density at radius 2 is 1.57 bits per heavy atom. The summed E-state index contributed by atoms with van der Waals surface area (Å²) in [6.07, 6.45) is 0.982. The molecule has 10 nitrogen and oxygen atoms in total. The van der Waals surface area contributed by atoms with Crippen molar-refractivity contribution < 1.29 is 32.2 Å². The molecule has 0 bridgehead atoms. The minimum atomic E-state index is -3.65. The molecule has 1 unspecified atom stereocenters. The average Bonchev–Trinajstić information content (AvgIpc) is 3.06. The van der Waals surface area contributed by atoms with E-state index in [0.29, 0.717) is 64.7 Å². The second-order valence-corrected chi connectivity index (χ2v) is 12.3. The van der Waals surface area contributed by atoms with E-state index in [-0.39, 0.29) is 29.9 Å². The largest absolute Gasteiger partial charge is 0.484 e. The second-order valence-electron chi connectivity index (χ2n) is 10.3. The number of nitrogens with one attached hydrogen (secondary N) is 1. The zero-order chi connectivity index (χ0) is 31.2. The van der Waals surface area contributed by atoms with Crippen molar-refractivity contribution in [3.63, 3.8) is 0 Å². The highest BCUT2D eigenvalue weighted by atomic mass is 32.2. The minimum Gasteiger partial charge on any atom is -0.484 e. The van der Waals surface area contributed by atoms with Crippen molar-refractivity contribution in [1.82, 2.24) is 14.5 Å². The molecule has 0 saturated carbocycles. The lowest BCUT2D eigenvalue weighted by Crippen LogP contribution is -2.51. The second kappa shape index (κ2) is 16.9. The molecule has 0 radical (unpaired) electrons. The van der Waals surface area contributed by atoms with Gasteiger partial charge in [0.2, 0.25) is 15.9 Å². The van der Waals surface area contributed by atoms with Crippen LogP contribution in [0.25, 0.3) is 0 Å². The first kappa shape index (κ1) is 33.1. The van der Waals surface area contributed by atoms with Crippen LogP contribution < -0.4 is 10.1 Å². The monoisotopic (exact) mass is 623 g/mol. The molecule has 1 fully saturated rings. The van der Waals surface area contributed by atoms with E-state index < -0.39 is 16.1 Å². The van der Waals surface area contributed by atoms with Crippen LogP contribution in [-0.4, -0.2) is 88.1 Å². The van der Waals surface area contributed by atoms with Crippen molar-refractivity contribution >= 4 is 21.8 Å². The van der Waals surface area contributed by atoms with Crippen LogP contribution in [-0.2, 0) is 42.1 Å². The highest BCUT2D eigenvalue weighted by Crippen LogP contribution is 2.21. The number of carbonyl (C=O) groups is 2. The van der Waals surface area contributed by atoms with Gasteiger partial charge in [0.1, 0.15) is 11.8 Å². The Kier molecular flexibility index (Phi) is 12.7. The van der Waals surface area contributed by atoms with E-state index in [4.69, 9.17) is 14.2 Å². The third-order valence-electron chi connectivity index (χ3n) is 7.23. The molecule has 0 spiro atoms. The predicted octanol–water partition coefficient (Wildman–Crippen LogP) is 3.27. The Morgan fingerprint density at radius 1 is 0.932 bits per heavy atom. The summed E-state index contributed by atoms with van der Waals surface area (Å²) in [4.78, 5) is 29.1. The first-order valence-electron chi connectivity index (χ1n) is 14.9. The fraction of sp³-hybridized carbons (Fsp3) is 0.394. The molecule has 3 aromatic rings. The Morgan fingerprint density at radius 3 is 2.20 bits per heavy atom. The van der Waals surface area contributed by atoms with Gasteiger partial charge in [0.25, 0.3) is 5.91 Å². The number of carbonyl (C=O) groups excluding carboxylic acids is 2. The van der Waals surface area contributed by atoms with Gasteiger partial charge < -0.3 is 24.4 Å². The van der Waals surface area contributed by atoms with Gasteiger partial charge in [-0.25, -0.2) is 8.42 Å². The first-order chi connectivity index (χ1) is 21.4. The number of amides is 2. The normalized spacial score (nSPS) is 14.5. The van der Waals surface area contributed by atoms with Crippen LogP contribution in [0.3, 0.4) is 0 Å². The van der Waals surface area contributed by atoms with Crippen LogP contribution in [0.1, 0.15) is 24.5 Å². The lowest BCUT2D eigenvalue weighted by atomic mass is 10.0. The van der Waals surface area contributed by atoms with E-state index >= 15 is 0 Å². The fourth-order valence-electron chi connectivity index (χ4n) is 4.85. The molecule has 1 saturated heterocycles. The molecule has 0 aromatic heterocycles. The Labute approximate surface area is 260 Å². The molecule has 44 heavy (non-hydrogen) atoms. The van der Waals surface area contributed by atoms with Gasteiger partial charge >= 0.3 is 0 Å². The maximum absolute atomic E-state index is 13.8. The van der Waals surface area contributed by atoms with E-state index in [2.05, 4.69) is 5.32 Å². The van der Waals surface area contributed by atoms with Crippen molar-refractivity contribution in [2.24, 2.45) is 0 Å². The molecule has 1 N–H and O–H groups in total.